The monoisotopic (exact) mass is 541 g/mol. The second-order valence-corrected chi connectivity index (χ2v) is 10.5. The molecule has 0 bridgehead atoms. The number of β-lactam (4-membered cyclic amide) rings is 1. The Kier molecular flexibility index (Phi) is 6.45. The van der Waals surface area contributed by atoms with E-state index in [9.17, 15) is 37.7 Å². The molecule has 2 aliphatic rings. The number of nitrogen functional groups attached to an aromatic ring is 1. The number of pyridine rings is 1. The SMILES string of the molecule is Nc1nc(/C(=N/O)C(=O)N[C@@H]2C(=O)N3C(C(=O)[O-])=C(C[n+]4cccc(S(=O)(=O)O)c4)CS[C@H]23)ns1. The van der Waals surface area contributed by atoms with Gasteiger partial charge in [-0.1, -0.05) is 5.16 Å². The van der Waals surface area contributed by atoms with Crippen LogP contribution in [0.25, 0.3) is 0 Å². The van der Waals surface area contributed by atoms with Crippen molar-refractivity contribution in [3.05, 3.63) is 41.6 Å². The van der Waals surface area contributed by atoms with Crippen LogP contribution in [0.2, 0.25) is 0 Å². The van der Waals surface area contributed by atoms with Crippen molar-refractivity contribution >= 4 is 62.0 Å². The summed E-state index contributed by atoms with van der Waals surface area (Å²) >= 11 is 1.92. The summed E-state index contributed by atoms with van der Waals surface area (Å²) in [6.07, 6.45) is 2.57. The Balaban J connectivity index is 1.55. The van der Waals surface area contributed by atoms with Crippen LogP contribution in [0, 0.1) is 0 Å². The van der Waals surface area contributed by atoms with Crippen LogP contribution in [0.1, 0.15) is 5.82 Å². The van der Waals surface area contributed by atoms with E-state index in [-0.39, 0.29) is 28.8 Å². The van der Waals surface area contributed by atoms with Crippen LogP contribution < -0.4 is 20.7 Å². The first-order valence-corrected chi connectivity index (χ1v) is 12.7. The maximum absolute atomic E-state index is 12.8. The molecule has 0 aromatic carbocycles. The molecule has 4 rings (SSSR count). The van der Waals surface area contributed by atoms with Crippen molar-refractivity contribution in [1.29, 1.82) is 0 Å². The number of fused-ring (bicyclic) bond motifs is 1. The molecule has 35 heavy (non-hydrogen) atoms. The molecule has 2 amide bonds. The van der Waals surface area contributed by atoms with E-state index in [1.165, 1.54) is 16.8 Å². The molecule has 0 spiro atoms. The summed E-state index contributed by atoms with van der Waals surface area (Å²) < 4.78 is 37.1. The first-order chi connectivity index (χ1) is 16.5. The van der Waals surface area contributed by atoms with Crippen molar-refractivity contribution in [1.82, 2.24) is 19.6 Å². The van der Waals surface area contributed by atoms with Gasteiger partial charge < -0.3 is 26.2 Å². The van der Waals surface area contributed by atoms with E-state index in [2.05, 4.69) is 19.8 Å². The number of carbonyl (C=O) groups is 3. The van der Waals surface area contributed by atoms with Crippen LogP contribution in [0.5, 0.6) is 0 Å². The molecule has 2 aromatic heterocycles. The van der Waals surface area contributed by atoms with Crippen molar-refractivity contribution in [2.45, 2.75) is 22.9 Å². The van der Waals surface area contributed by atoms with Gasteiger partial charge in [-0.2, -0.15) is 22.3 Å². The summed E-state index contributed by atoms with van der Waals surface area (Å²) in [6.45, 7) is -0.106. The smallest absolute Gasteiger partial charge is 0.300 e. The Hall–Kier alpha value is -3.61. The molecule has 18 heteroatoms. The molecular weight excluding hydrogens is 526 g/mol. The fraction of sp³-hybridized carbons (Fsp3) is 0.235. The molecule has 2 aliphatic heterocycles. The number of aromatic nitrogens is 3. The fourth-order valence-corrected chi connectivity index (χ4v) is 5.78. The van der Waals surface area contributed by atoms with Gasteiger partial charge in [0.2, 0.25) is 11.5 Å². The van der Waals surface area contributed by atoms with E-state index in [1.54, 1.807) is 0 Å². The Morgan fingerprint density at radius 1 is 1.43 bits per heavy atom. The van der Waals surface area contributed by atoms with Crippen molar-refractivity contribution < 1.29 is 42.2 Å². The summed E-state index contributed by atoms with van der Waals surface area (Å²) in [5, 5.41) is 25.6. The topological polar surface area (TPSA) is 232 Å². The van der Waals surface area contributed by atoms with E-state index in [4.69, 9.17) is 5.73 Å². The number of hydrogen-bond donors (Lipinski definition) is 4. The third kappa shape index (κ3) is 4.67. The highest BCUT2D eigenvalue weighted by molar-refractivity contribution is 8.00. The number of nitrogens with two attached hydrogens (primary N) is 1. The lowest BCUT2D eigenvalue weighted by Gasteiger charge is -2.50. The minimum atomic E-state index is -4.48. The van der Waals surface area contributed by atoms with Gasteiger partial charge in [0.25, 0.3) is 21.9 Å². The van der Waals surface area contributed by atoms with Gasteiger partial charge in [0.05, 0.1) is 11.7 Å². The molecule has 0 saturated carbocycles. The number of hydrogen-bond acceptors (Lipinski definition) is 13. The van der Waals surface area contributed by atoms with Gasteiger partial charge in [0.1, 0.15) is 11.4 Å². The molecule has 1 fully saturated rings. The molecule has 5 N–H and O–H groups in total. The second kappa shape index (κ2) is 9.21. The number of thioether (sulfide) groups is 1. The first-order valence-electron chi connectivity index (χ1n) is 9.48. The lowest BCUT2D eigenvalue weighted by Crippen LogP contribution is -2.71. The van der Waals surface area contributed by atoms with Crippen LogP contribution in [-0.4, -0.2) is 73.1 Å². The summed E-state index contributed by atoms with van der Waals surface area (Å²) in [5.41, 5.74) is 4.74. The summed E-state index contributed by atoms with van der Waals surface area (Å²) in [6, 6.07) is 1.38. The Labute approximate surface area is 204 Å². The number of anilines is 1. The maximum atomic E-state index is 12.8. The van der Waals surface area contributed by atoms with Gasteiger partial charge in [-0.15, -0.1) is 11.8 Å². The molecule has 15 nitrogen and oxygen atoms in total. The van der Waals surface area contributed by atoms with Gasteiger partial charge in [-0.25, -0.2) is 0 Å². The van der Waals surface area contributed by atoms with Crippen LogP contribution >= 0.6 is 23.3 Å². The highest BCUT2D eigenvalue weighted by Gasteiger charge is 2.53. The third-order valence-corrected chi connectivity index (χ3v) is 7.72. The Morgan fingerprint density at radius 2 is 2.17 bits per heavy atom. The van der Waals surface area contributed by atoms with Crippen molar-refractivity contribution in [2.24, 2.45) is 5.16 Å². The van der Waals surface area contributed by atoms with Crippen molar-refractivity contribution in [3.8, 4) is 0 Å². The largest absolute Gasteiger partial charge is 0.543 e. The first kappa shape index (κ1) is 24.5. The zero-order chi connectivity index (χ0) is 25.5. The predicted octanol–water partition coefficient (Wildman–Crippen LogP) is -3.06. The molecule has 0 radical (unpaired) electrons. The number of nitrogens with one attached hydrogen (secondary N) is 1. The van der Waals surface area contributed by atoms with Crippen molar-refractivity contribution in [2.75, 3.05) is 11.5 Å². The number of carboxylic acid groups (broad SMARTS) is 1. The minimum absolute atomic E-state index is 0.0268. The Bertz CT molecular complexity index is 1400. The summed E-state index contributed by atoms with van der Waals surface area (Å²) in [4.78, 5) is 41.5. The second-order valence-electron chi connectivity index (χ2n) is 7.19. The van der Waals surface area contributed by atoms with E-state index in [1.807, 2.05) is 0 Å². The Morgan fingerprint density at radius 3 is 2.77 bits per heavy atom. The molecule has 184 valence electrons. The molecule has 4 heterocycles. The molecule has 1 saturated heterocycles. The standard InChI is InChI=1S/C17H15N7O8S3/c18-17-20-12(22-34-17)9(21-29)13(25)19-10-14(26)24-11(16(27)28)7(6-33-15(10)24)4-23-3-1-2-8(5-23)35(30,31)32/h1-3,5,10,15H,4,6H2,(H5-,18,19,20,22,25,27,28,29,30,31,32)/t10-,15-/m1/s1. The lowest BCUT2D eigenvalue weighted by molar-refractivity contribution is -0.690. The van der Waals surface area contributed by atoms with Gasteiger partial charge >= 0.3 is 0 Å². The zero-order valence-corrected chi connectivity index (χ0v) is 19.7. The van der Waals surface area contributed by atoms with Crippen LogP contribution in [-0.2, 0) is 31.0 Å². The van der Waals surface area contributed by atoms with E-state index in [0.717, 1.165) is 40.5 Å². The lowest BCUT2D eigenvalue weighted by atomic mass is 10.0. The highest BCUT2D eigenvalue weighted by Crippen LogP contribution is 2.40. The summed E-state index contributed by atoms with van der Waals surface area (Å²) in [7, 11) is -4.48. The number of oxime groups is 1. The van der Waals surface area contributed by atoms with Crippen LogP contribution in [0.3, 0.4) is 0 Å². The number of carboxylic acids is 1. The van der Waals surface area contributed by atoms with Gasteiger partial charge in [0.15, 0.2) is 29.0 Å². The molecule has 0 aliphatic carbocycles. The van der Waals surface area contributed by atoms with Gasteiger partial charge in [0, 0.05) is 28.9 Å². The number of nitrogens with zero attached hydrogens (tertiary/aromatic N) is 5. The number of rotatable bonds is 7. The normalized spacial score (nSPS) is 20.3. The number of carbonyl (C=O) groups excluding carboxylic acids is 3. The minimum Gasteiger partial charge on any atom is -0.543 e. The maximum Gasteiger partial charge on any atom is 0.300 e. The third-order valence-electron chi connectivity index (χ3n) is 5.00. The fourth-order valence-electron chi connectivity index (χ4n) is 3.50. The van der Waals surface area contributed by atoms with E-state index in [0.29, 0.717) is 0 Å². The average molecular weight is 542 g/mol. The summed E-state index contributed by atoms with van der Waals surface area (Å²) in [5.74, 6) is -3.47. The van der Waals surface area contributed by atoms with Crippen LogP contribution in [0.15, 0.2) is 45.8 Å². The highest BCUT2D eigenvalue weighted by atomic mass is 32.2. The van der Waals surface area contributed by atoms with Gasteiger partial charge in [-0.3, -0.25) is 19.0 Å². The molecule has 0 unspecified atom stereocenters. The predicted molar refractivity (Wildman–Crippen MR) is 116 cm³/mol. The molecular formula is C17H15N7O8S3. The van der Waals surface area contributed by atoms with Gasteiger partial charge in [-0.05, 0) is 6.07 Å². The molecule has 2 aromatic rings. The average Bonchev–Trinajstić information content (AvgIpc) is 3.22. The number of amides is 2. The van der Waals surface area contributed by atoms with E-state index >= 15 is 0 Å². The van der Waals surface area contributed by atoms with Crippen LogP contribution in [0.4, 0.5) is 5.13 Å². The quantitative estimate of drug-likeness (QED) is 0.0683. The van der Waals surface area contributed by atoms with E-state index < -0.39 is 55.6 Å². The van der Waals surface area contributed by atoms with Crippen molar-refractivity contribution in [3.63, 3.8) is 0 Å². The molecule has 2 atom stereocenters. The number of aliphatic carboxylic acids is 1. The zero-order valence-electron chi connectivity index (χ0n) is 17.3.